The second-order valence-electron chi connectivity index (χ2n) is 10.3. The van der Waals surface area contributed by atoms with Gasteiger partial charge in [0, 0.05) is 12.0 Å². The van der Waals surface area contributed by atoms with Crippen LogP contribution >= 0.6 is 0 Å². The number of esters is 1. The van der Waals surface area contributed by atoms with Crippen molar-refractivity contribution in [2.24, 2.45) is 0 Å². The Balaban J connectivity index is 1.65. The first-order valence-corrected chi connectivity index (χ1v) is 13.7. The van der Waals surface area contributed by atoms with Crippen molar-refractivity contribution in [1.82, 2.24) is 0 Å². The minimum atomic E-state index is -0.233. The lowest BCUT2D eigenvalue weighted by Gasteiger charge is -2.34. The summed E-state index contributed by atoms with van der Waals surface area (Å²) < 4.78 is 12.2. The Kier molecular flexibility index (Phi) is 13.5. The molecule has 0 heterocycles. The van der Waals surface area contributed by atoms with E-state index in [4.69, 9.17) is 9.47 Å². The molecule has 0 saturated carbocycles. The van der Waals surface area contributed by atoms with Gasteiger partial charge in [0.05, 0.1) is 27.3 Å². The predicted octanol–water partition coefficient (Wildman–Crippen LogP) is 7.35. The molecule has 1 atom stereocenters. The molecule has 0 saturated heterocycles. The first-order chi connectivity index (χ1) is 16.9. The van der Waals surface area contributed by atoms with Crippen molar-refractivity contribution in [2.45, 2.75) is 90.6 Å². The maximum Gasteiger partial charge on any atom is 0.364 e. The van der Waals surface area contributed by atoms with Gasteiger partial charge in [-0.2, -0.15) is 0 Å². The summed E-state index contributed by atoms with van der Waals surface area (Å²) in [6.45, 7) is 5.94. The zero-order valence-electron chi connectivity index (χ0n) is 22.6. The lowest BCUT2D eigenvalue weighted by Crippen LogP contribution is -2.51. The normalized spacial score (nSPS) is 12.3. The molecule has 2 aromatic carbocycles. The average molecular weight is 483 g/mol. The second-order valence-corrected chi connectivity index (χ2v) is 10.3. The summed E-state index contributed by atoms with van der Waals surface area (Å²) in [5.41, 5.74) is 2.50. The molecule has 0 aliphatic carbocycles. The van der Waals surface area contributed by atoms with Crippen LogP contribution in [0, 0.1) is 0 Å². The van der Waals surface area contributed by atoms with Crippen LogP contribution in [0.25, 0.3) is 0 Å². The summed E-state index contributed by atoms with van der Waals surface area (Å²) in [5, 5.41) is 0. The Bertz CT molecular complexity index is 834. The SMILES string of the molecule is CCCCCCCCCCc1ccccc1OCCCOC(=O)C(C)[N+](C)(C)Cc1ccccc1. The molecule has 0 spiro atoms. The number of rotatable bonds is 18. The lowest BCUT2D eigenvalue weighted by atomic mass is 10.0. The largest absolute Gasteiger partial charge is 0.493 e. The van der Waals surface area contributed by atoms with E-state index in [0.717, 1.165) is 18.7 Å². The number of carbonyl (C=O) groups is 1. The maximum absolute atomic E-state index is 12.6. The summed E-state index contributed by atoms with van der Waals surface area (Å²) in [5.74, 6) is 0.817. The molecule has 4 nitrogen and oxygen atoms in total. The molecule has 194 valence electrons. The number of unbranched alkanes of at least 4 members (excludes halogenated alkanes) is 7. The number of aryl methyl sites for hydroxylation is 1. The molecule has 4 heteroatoms. The molecular weight excluding hydrogens is 434 g/mol. The monoisotopic (exact) mass is 482 g/mol. The minimum Gasteiger partial charge on any atom is -0.493 e. The standard InChI is InChI=1S/C31H48NO3/c1-5-6-7-8-9-10-11-15-21-29-22-16-17-23-30(29)34-24-18-25-35-31(33)27(2)32(3,4)26-28-19-13-12-14-20-28/h12-14,16-17,19-20,22-23,27H,5-11,15,18,21,24-26H2,1-4H3/q+1. The summed E-state index contributed by atoms with van der Waals surface area (Å²) in [7, 11) is 4.15. The lowest BCUT2D eigenvalue weighted by molar-refractivity contribution is -0.917. The van der Waals surface area contributed by atoms with Crippen molar-refractivity contribution in [3.8, 4) is 5.75 Å². The Morgan fingerprint density at radius 2 is 1.43 bits per heavy atom. The predicted molar refractivity (Wildman–Crippen MR) is 146 cm³/mol. The fraction of sp³-hybridized carbons (Fsp3) is 0.581. The van der Waals surface area contributed by atoms with E-state index in [1.54, 1.807) is 0 Å². The second kappa shape index (κ2) is 16.4. The highest BCUT2D eigenvalue weighted by Gasteiger charge is 2.32. The fourth-order valence-corrected chi connectivity index (χ4v) is 4.31. The van der Waals surface area contributed by atoms with E-state index in [1.807, 2.05) is 31.2 Å². The zero-order valence-corrected chi connectivity index (χ0v) is 22.6. The maximum atomic E-state index is 12.6. The average Bonchev–Trinajstić information content (AvgIpc) is 2.86. The van der Waals surface area contributed by atoms with Gasteiger partial charge in [0.25, 0.3) is 0 Å². The molecule has 0 N–H and O–H groups in total. The topological polar surface area (TPSA) is 35.5 Å². The molecule has 2 rings (SSSR count). The van der Waals surface area contributed by atoms with Crippen molar-refractivity contribution in [1.29, 1.82) is 0 Å². The summed E-state index contributed by atoms with van der Waals surface area (Å²) in [4.78, 5) is 12.6. The molecular formula is C31H48NO3+. The van der Waals surface area contributed by atoms with Gasteiger partial charge in [-0.15, -0.1) is 0 Å². The molecule has 0 amide bonds. The van der Waals surface area contributed by atoms with Gasteiger partial charge in [-0.3, -0.25) is 0 Å². The zero-order chi connectivity index (χ0) is 25.4. The number of nitrogens with zero attached hydrogens (tertiary/aromatic N) is 1. The van der Waals surface area contributed by atoms with Crippen molar-refractivity contribution in [2.75, 3.05) is 27.3 Å². The Morgan fingerprint density at radius 1 is 0.800 bits per heavy atom. The molecule has 0 radical (unpaired) electrons. The molecule has 0 fully saturated rings. The van der Waals surface area contributed by atoms with Crippen molar-refractivity contribution in [3.63, 3.8) is 0 Å². The molecule has 35 heavy (non-hydrogen) atoms. The van der Waals surface area contributed by atoms with Crippen molar-refractivity contribution < 1.29 is 18.8 Å². The number of hydrogen-bond donors (Lipinski definition) is 0. The van der Waals surface area contributed by atoms with E-state index in [1.165, 1.54) is 62.5 Å². The number of hydrogen-bond acceptors (Lipinski definition) is 3. The minimum absolute atomic E-state index is 0.152. The number of ether oxygens (including phenoxy) is 2. The van der Waals surface area contributed by atoms with Gasteiger partial charge in [0.1, 0.15) is 12.3 Å². The van der Waals surface area contributed by atoms with Crippen LogP contribution in [0.2, 0.25) is 0 Å². The van der Waals surface area contributed by atoms with Crippen LogP contribution in [-0.4, -0.2) is 43.8 Å². The summed E-state index contributed by atoms with van der Waals surface area (Å²) in [6.07, 6.45) is 12.4. The van der Waals surface area contributed by atoms with Crippen molar-refractivity contribution in [3.05, 3.63) is 65.7 Å². The number of quaternary nitrogens is 1. The van der Waals surface area contributed by atoms with E-state index in [9.17, 15) is 4.79 Å². The highest BCUT2D eigenvalue weighted by molar-refractivity contribution is 5.74. The fourth-order valence-electron chi connectivity index (χ4n) is 4.31. The summed E-state index contributed by atoms with van der Waals surface area (Å²) >= 11 is 0. The number of para-hydroxylation sites is 1. The number of benzene rings is 2. The first kappa shape index (κ1) is 28.9. The van der Waals surface area contributed by atoms with Crippen LogP contribution in [0.5, 0.6) is 5.75 Å². The molecule has 0 aromatic heterocycles. The van der Waals surface area contributed by atoms with E-state index in [2.05, 4.69) is 51.4 Å². The van der Waals surface area contributed by atoms with Gasteiger partial charge in [-0.05, 0) is 31.4 Å². The van der Waals surface area contributed by atoms with Gasteiger partial charge in [0.2, 0.25) is 0 Å². The third kappa shape index (κ3) is 11.3. The molecule has 1 unspecified atom stereocenters. The Labute approximate surface area is 214 Å². The number of likely N-dealkylation sites (N-methyl/N-ethyl adjacent to an activating group) is 1. The van der Waals surface area contributed by atoms with E-state index in [0.29, 0.717) is 24.1 Å². The highest BCUT2D eigenvalue weighted by Crippen LogP contribution is 2.21. The quantitative estimate of drug-likeness (QED) is 0.127. The third-order valence-electron chi connectivity index (χ3n) is 6.89. The van der Waals surface area contributed by atoms with Crippen molar-refractivity contribution >= 4 is 5.97 Å². The van der Waals surface area contributed by atoms with E-state index < -0.39 is 0 Å². The molecule has 0 aliphatic rings. The van der Waals surface area contributed by atoms with Gasteiger partial charge >= 0.3 is 5.97 Å². The molecule has 2 aromatic rings. The van der Waals surface area contributed by atoms with E-state index >= 15 is 0 Å². The van der Waals surface area contributed by atoms with Gasteiger partial charge < -0.3 is 14.0 Å². The van der Waals surface area contributed by atoms with E-state index in [-0.39, 0.29) is 12.0 Å². The first-order valence-electron chi connectivity index (χ1n) is 13.7. The summed E-state index contributed by atoms with van der Waals surface area (Å²) in [6, 6.07) is 18.4. The van der Waals surface area contributed by atoms with Gasteiger partial charge in [-0.1, -0.05) is 100 Å². The Hall–Kier alpha value is -2.33. The van der Waals surface area contributed by atoms with Crippen LogP contribution in [-0.2, 0) is 22.5 Å². The van der Waals surface area contributed by atoms with Crippen LogP contribution in [0.4, 0.5) is 0 Å². The van der Waals surface area contributed by atoms with Crippen LogP contribution < -0.4 is 4.74 Å². The van der Waals surface area contributed by atoms with Crippen LogP contribution in [0.3, 0.4) is 0 Å². The molecule has 0 bridgehead atoms. The van der Waals surface area contributed by atoms with Crippen LogP contribution in [0.1, 0.15) is 82.8 Å². The van der Waals surface area contributed by atoms with Gasteiger partial charge in [-0.25, -0.2) is 4.79 Å². The Morgan fingerprint density at radius 3 is 2.14 bits per heavy atom. The van der Waals surface area contributed by atoms with Gasteiger partial charge in [0.15, 0.2) is 6.04 Å². The smallest absolute Gasteiger partial charge is 0.364 e. The molecule has 0 aliphatic heterocycles. The van der Waals surface area contributed by atoms with Crippen LogP contribution in [0.15, 0.2) is 54.6 Å². The highest BCUT2D eigenvalue weighted by atomic mass is 16.5. The number of carbonyl (C=O) groups excluding carboxylic acids is 1. The third-order valence-corrected chi connectivity index (χ3v) is 6.89.